The number of amides is 1. The first-order valence-corrected chi connectivity index (χ1v) is 10.5. The van der Waals surface area contributed by atoms with E-state index in [9.17, 15) is 4.79 Å². The molecule has 1 aliphatic heterocycles. The Balaban J connectivity index is 2.03. The molecule has 1 saturated heterocycles. The van der Waals surface area contributed by atoms with Crippen LogP contribution in [0.2, 0.25) is 0 Å². The van der Waals surface area contributed by atoms with Crippen molar-refractivity contribution in [2.24, 2.45) is 0 Å². The molecule has 1 aliphatic rings. The minimum atomic E-state index is -0.0436. The highest BCUT2D eigenvalue weighted by molar-refractivity contribution is 8.22. The minimum absolute atomic E-state index is 0.0436. The van der Waals surface area contributed by atoms with E-state index >= 15 is 0 Å². The van der Waals surface area contributed by atoms with E-state index in [1.54, 1.807) is 11.0 Å². The third-order valence-electron chi connectivity index (χ3n) is 4.47. The molecule has 0 aliphatic carbocycles. The second-order valence-electron chi connectivity index (χ2n) is 6.71. The van der Waals surface area contributed by atoms with Crippen molar-refractivity contribution in [2.75, 3.05) is 26.0 Å². The molecule has 2 rings (SSSR count). The smallest absolute Gasteiger partial charge is 0.253 e. The number of carbonyl (C=O) groups is 1. The molecule has 0 saturated carbocycles. The molecule has 0 spiro atoms. The Morgan fingerprint density at radius 1 is 1.24 bits per heavy atom. The maximum Gasteiger partial charge on any atom is 0.253 e. The molecule has 0 atom stereocenters. The Morgan fingerprint density at radius 3 is 2.44 bits per heavy atom. The van der Waals surface area contributed by atoms with Crippen molar-refractivity contribution in [3.8, 4) is 0 Å². The fourth-order valence-electron chi connectivity index (χ4n) is 2.88. The lowest BCUT2D eigenvalue weighted by molar-refractivity contribution is -0.123. The van der Waals surface area contributed by atoms with Crippen LogP contribution in [0.1, 0.15) is 50.2 Å². The van der Waals surface area contributed by atoms with Crippen molar-refractivity contribution in [2.45, 2.75) is 39.0 Å². The quantitative estimate of drug-likeness (QED) is 0.547. The largest absolute Gasteiger partial charge is 0.286 e. The van der Waals surface area contributed by atoms with Crippen LogP contribution in [0, 0.1) is 0 Å². The Morgan fingerprint density at radius 2 is 1.88 bits per heavy atom. The number of hydrogen-bond donors (Lipinski definition) is 0. The molecule has 1 heterocycles. The Hall–Kier alpha value is -1.17. The van der Waals surface area contributed by atoms with Gasteiger partial charge in [-0.2, -0.15) is 0 Å². The van der Waals surface area contributed by atoms with Gasteiger partial charge in [0.2, 0.25) is 0 Å². The van der Waals surface area contributed by atoms with Crippen LogP contribution in [0.4, 0.5) is 0 Å². The van der Waals surface area contributed by atoms with Gasteiger partial charge in [0, 0.05) is 6.08 Å². The van der Waals surface area contributed by atoms with Gasteiger partial charge in [0.05, 0.1) is 6.67 Å². The Kier molecular flexibility index (Phi) is 8.13. The zero-order chi connectivity index (χ0) is 18.2. The summed E-state index contributed by atoms with van der Waals surface area (Å²) in [5.74, 6) is 0.469. The fraction of sp³-hybridized carbons (Fsp3) is 0.500. The van der Waals surface area contributed by atoms with Crippen LogP contribution in [0.3, 0.4) is 0 Å². The van der Waals surface area contributed by atoms with Crippen molar-refractivity contribution >= 4 is 40.3 Å². The van der Waals surface area contributed by atoms with E-state index in [2.05, 4.69) is 43.0 Å². The third-order valence-corrected chi connectivity index (χ3v) is 5.76. The molecule has 1 aromatic rings. The lowest BCUT2D eigenvalue weighted by atomic mass is 10.0. The molecule has 1 aromatic carbocycles. The highest BCUT2D eigenvalue weighted by Gasteiger charge is 2.20. The minimum Gasteiger partial charge on any atom is -0.286 e. The van der Waals surface area contributed by atoms with Gasteiger partial charge in [-0.05, 0) is 55.3 Å². The summed E-state index contributed by atoms with van der Waals surface area (Å²) in [4.78, 5) is 16.7. The topological polar surface area (TPSA) is 23.6 Å². The molecule has 0 unspecified atom stereocenters. The van der Waals surface area contributed by atoms with Crippen LogP contribution >= 0.6 is 24.0 Å². The normalized spacial score (nSPS) is 15.7. The van der Waals surface area contributed by atoms with Gasteiger partial charge in [-0.1, -0.05) is 68.5 Å². The number of thioether (sulfide) groups is 1. The molecule has 1 amide bonds. The number of thiocarbonyl (C=S) groups is 1. The van der Waals surface area contributed by atoms with E-state index in [0.717, 1.165) is 18.7 Å². The van der Waals surface area contributed by atoms with Crippen molar-refractivity contribution in [3.05, 3.63) is 41.5 Å². The summed E-state index contributed by atoms with van der Waals surface area (Å²) in [6.45, 7) is 7.03. The van der Waals surface area contributed by atoms with Gasteiger partial charge in [-0.3, -0.25) is 14.6 Å². The van der Waals surface area contributed by atoms with E-state index in [0.29, 0.717) is 16.9 Å². The summed E-state index contributed by atoms with van der Waals surface area (Å²) in [5, 5.41) is 0. The van der Waals surface area contributed by atoms with Crippen LogP contribution in [0.5, 0.6) is 0 Å². The highest BCUT2D eigenvalue weighted by Crippen LogP contribution is 2.16. The molecule has 3 nitrogen and oxygen atoms in total. The first-order valence-electron chi connectivity index (χ1n) is 8.91. The number of benzene rings is 1. The molecule has 0 bridgehead atoms. The summed E-state index contributed by atoms with van der Waals surface area (Å²) < 4.78 is 0.635. The first-order chi connectivity index (χ1) is 12.0. The number of carbonyl (C=O) groups excluding carboxylic acids is 1. The Labute approximate surface area is 161 Å². The van der Waals surface area contributed by atoms with Gasteiger partial charge in [0.1, 0.15) is 4.32 Å². The van der Waals surface area contributed by atoms with Gasteiger partial charge in [0.25, 0.3) is 5.91 Å². The zero-order valence-corrected chi connectivity index (χ0v) is 17.0. The molecule has 0 N–H and O–H groups in total. The molecule has 136 valence electrons. The van der Waals surface area contributed by atoms with Crippen LogP contribution in [-0.4, -0.2) is 46.0 Å². The van der Waals surface area contributed by atoms with Crippen LogP contribution < -0.4 is 0 Å². The van der Waals surface area contributed by atoms with Gasteiger partial charge >= 0.3 is 0 Å². The monoisotopic (exact) mass is 376 g/mol. The standard InChI is InChI=1S/C20H28N2OS2/c1-16(2)18-10-7-17(8-11-18)9-12-19(23)22(20(24)25-3)15-21-13-5-4-6-14-21/h7-12,16H,4-6,13-15H2,1-3H3/b12-9+. The zero-order valence-electron chi connectivity index (χ0n) is 15.4. The van der Waals surface area contributed by atoms with Gasteiger partial charge in [-0.25, -0.2) is 0 Å². The lowest BCUT2D eigenvalue weighted by Gasteiger charge is -2.32. The summed E-state index contributed by atoms with van der Waals surface area (Å²) in [6.07, 6.45) is 9.12. The lowest BCUT2D eigenvalue weighted by Crippen LogP contribution is -2.44. The summed E-state index contributed by atoms with van der Waals surface area (Å²) in [6, 6.07) is 8.35. The molecule has 5 heteroatoms. The van der Waals surface area contributed by atoms with E-state index in [1.165, 1.54) is 36.6 Å². The highest BCUT2D eigenvalue weighted by atomic mass is 32.2. The second-order valence-corrected chi connectivity index (χ2v) is 8.15. The maximum absolute atomic E-state index is 12.7. The number of likely N-dealkylation sites (tertiary alicyclic amines) is 1. The fourth-order valence-corrected chi connectivity index (χ4v) is 3.39. The molecular formula is C20H28N2OS2. The average Bonchev–Trinajstić information content (AvgIpc) is 2.64. The predicted molar refractivity (Wildman–Crippen MR) is 113 cm³/mol. The van der Waals surface area contributed by atoms with Crippen LogP contribution in [-0.2, 0) is 4.79 Å². The van der Waals surface area contributed by atoms with Crippen LogP contribution in [0.25, 0.3) is 6.08 Å². The van der Waals surface area contributed by atoms with E-state index in [-0.39, 0.29) is 5.91 Å². The molecule has 0 radical (unpaired) electrons. The van der Waals surface area contributed by atoms with Gasteiger partial charge in [-0.15, -0.1) is 0 Å². The maximum atomic E-state index is 12.7. The summed E-state index contributed by atoms with van der Waals surface area (Å²) in [5.41, 5.74) is 2.34. The van der Waals surface area contributed by atoms with Crippen molar-refractivity contribution in [1.29, 1.82) is 0 Å². The Bertz CT molecular complexity index is 605. The summed E-state index contributed by atoms with van der Waals surface area (Å²) >= 11 is 6.86. The second kappa shape index (κ2) is 10.1. The van der Waals surface area contributed by atoms with E-state index < -0.39 is 0 Å². The van der Waals surface area contributed by atoms with Crippen LogP contribution in [0.15, 0.2) is 30.3 Å². The van der Waals surface area contributed by atoms with Gasteiger partial charge in [0.15, 0.2) is 0 Å². The van der Waals surface area contributed by atoms with Crippen molar-refractivity contribution in [1.82, 2.24) is 9.80 Å². The molecular weight excluding hydrogens is 348 g/mol. The predicted octanol–water partition coefficient (Wildman–Crippen LogP) is 4.74. The van der Waals surface area contributed by atoms with E-state index in [1.807, 2.05) is 12.3 Å². The first kappa shape index (κ1) is 20.1. The number of hydrogen-bond acceptors (Lipinski definition) is 4. The number of piperidine rings is 1. The van der Waals surface area contributed by atoms with Crippen molar-refractivity contribution in [3.63, 3.8) is 0 Å². The molecule has 0 aromatic heterocycles. The average molecular weight is 377 g/mol. The SMILES string of the molecule is CSC(=S)N(CN1CCCCC1)C(=O)/C=C/c1ccc(C(C)C)cc1. The van der Waals surface area contributed by atoms with E-state index in [4.69, 9.17) is 12.2 Å². The van der Waals surface area contributed by atoms with Gasteiger partial charge < -0.3 is 0 Å². The third kappa shape index (κ3) is 6.24. The number of rotatable bonds is 5. The van der Waals surface area contributed by atoms with Crippen molar-refractivity contribution < 1.29 is 4.79 Å². The molecule has 1 fully saturated rings. The molecule has 25 heavy (non-hydrogen) atoms. The number of nitrogens with zero attached hydrogens (tertiary/aromatic N) is 2. The summed E-state index contributed by atoms with van der Waals surface area (Å²) in [7, 11) is 0.